The highest BCUT2D eigenvalue weighted by molar-refractivity contribution is 7.13. The van der Waals surface area contributed by atoms with Gasteiger partial charge in [0, 0.05) is 23.6 Å². The summed E-state index contributed by atoms with van der Waals surface area (Å²) in [6.07, 6.45) is 4.44. The lowest BCUT2D eigenvalue weighted by atomic mass is 10.1. The lowest BCUT2D eigenvalue weighted by Gasteiger charge is -2.11. The predicted octanol–water partition coefficient (Wildman–Crippen LogP) is 3.73. The van der Waals surface area contributed by atoms with E-state index in [4.69, 9.17) is 4.74 Å². The minimum absolute atomic E-state index is 0.0430. The van der Waals surface area contributed by atoms with Crippen LogP contribution in [0.1, 0.15) is 16.1 Å². The molecule has 1 amide bonds. The average Bonchev–Trinajstić information content (AvgIpc) is 3.51. The third-order valence-corrected chi connectivity index (χ3v) is 5.68. The van der Waals surface area contributed by atoms with Gasteiger partial charge in [0.05, 0.1) is 18.4 Å². The maximum atomic E-state index is 12.5. The first kappa shape index (κ1) is 17.6. The van der Waals surface area contributed by atoms with E-state index in [-0.39, 0.29) is 12.0 Å². The molecule has 1 atom stereocenters. The molecule has 1 aliphatic heterocycles. The van der Waals surface area contributed by atoms with Crippen LogP contribution < -0.4 is 10.1 Å². The SMILES string of the molecule is O=C(NCC1Cc2ccccc2O1)c1csc(-c2cnn(-c3ccccc3)c2)n1. The van der Waals surface area contributed by atoms with E-state index >= 15 is 0 Å². The fourth-order valence-corrected chi connectivity index (χ4v) is 4.11. The fraction of sp³-hybridized carbons (Fsp3) is 0.136. The van der Waals surface area contributed by atoms with Crippen molar-refractivity contribution >= 4 is 17.2 Å². The molecule has 2 aromatic carbocycles. The first-order valence-corrected chi connectivity index (χ1v) is 10.2. The van der Waals surface area contributed by atoms with Crippen LogP contribution in [0.4, 0.5) is 0 Å². The van der Waals surface area contributed by atoms with Crippen molar-refractivity contribution in [3.05, 3.63) is 83.6 Å². The summed E-state index contributed by atoms with van der Waals surface area (Å²) in [5.41, 5.74) is 3.45. The lowest BCUT2D eigenvalue weighted by molar-refractivity contribution is 0.0929. The Morgan fingerprint density at radius 1 is 1.17 bits per heavy atom. The number of hydrogen-bond acceptors (Lipinski definition) is 5. The molecule has 1 aliphatic rings. The summed E-state index contributed by atoms with van der Waals surface area (Å²) in [4.78, 5) is 17.0. The molecule has 4 aromatic rings. The van der Waals surface area contributed by atoms with Gasteiger partial charge in [-0.15, -0.1) is 11.3 Å². The van der Waals surface area contributed by atoms with Crippen LogP contribution in [0.5, 0.6) is 5.75 Å². The highest BCUT2D eigenvalue weighted by Gasteiger charge is 2.23. The van der Waals surface area contributed by atoms with Crippen molar-refractivity contribution in [3.63, 3.8) is 0 Å². The molecule has 5 rings (SSSR count). The number of benzene rings is 2. The number of nitrogens with one attached hydrogen (secondary N) is 1. The maximum Gasteiger partial charge on any atom is 0.270 e. The van der Waals surface area contributed by atoms with Gasteiger partial charge in [0.1, 0.15) is 22.6 Å². The van der Waals surface area contributed by atoms with E-state index in [0.29, 0.717) is 12.2 Å². The molecule has 0 saturated heterocycles. The van der Waals surface area contributed by atoms with Crippen LogP contribution in [0.3, 0.4) is 0 Å². The summed E-state index contributed by atoms with van der Waals surface area (Å²) in [7, 11) is 0. The van der Waals surface area contributed by atoms with E-state index in [1.807, 2.05) is 54.7 Å². The average molecular weight is 402 g/mol. The molecule has 6 nitrogen and oxygen atoms in total. The van der Waals surface area contributed by atoms with Gasteiger partial charge in [0.2, 0.25) is 0 Å². The van der Waals surface area contributed by atoms with Gasteiger partial charge in [0.15, 0.2) is 0 Å². The number of thiazole rings is 1. The first-order chi connectivity index (χ1) is 14.3. The fourth-order valence-electron chi connectivity index (χ4n) is 3.33. The number of carbonyl (C=O) groups is 1. The number of carbonyl (C=O) groups excluding carboxylic acids is 1. The topological polar surface area (TPSA) is 69.0 Å². The number of aromatic nitrogens is 3. The van der Waals surface area contributed by atoms with Crippen molar-refractivity contribution in [1.82, 2.24) is 20.1 Å². The van der Waals surface area contributed by atoms with E-state index in [2.05, 4.69) is 21.5 Å². The van der Waals surface area contributed by atoms with Crippen molar-refractivity contribution in [2.24, 2.45) is 0 Å². The highest BCUT2D eigenvalue weighted by atomic mass is 32.1. The number of amides is 1. The minimum atomic E-state index is -0.192. The molecular weight excluding hydrogens is 384 g/mol. The zero-order chi connectivity index (χ0) is 19.6. The molecule has 2 aromatic heterocycles. The summed E-state index contributed by atoms with van der Waals surface area (Å²) >= 11 is 1.43. The van der Waals surface area contributed by atoms with E-state index in [9.17, 15) is 4.79 Å². The monoisotopic (exact) mass is 402 g/mol. The van der Waals surface area contributed by atoms with Gasteiger partial charge < -0.3 is 10.1 Å². The molecule has 1 unspecified atom stereocenters. The van der Waals surface area contributed by atoms with Gasteiger partial charge in [-0.25, -0.2) is 9.67 Å². The van der Waals surface area contributed by atoms with Crippen LogP contribution in [0.25, 0.3) is 16.3 Å². The zero-order valence-corrected chi connectivity index (χ0v) is 16.3. The van der Waals surface area contributed by atoms with Crippen molar-refractivity contribution < 1.29 is 9.53 Å². The largest absolute Gasteiger partial charge is 0.488 e. The van der Waals surface area contributed by atoms with Crippen molar-refractivity contribution in [2.45, 2.75) is 12.5 Å². The van der Waals surface area contributed by atoms with Crippen LogP contribution >= 0.6 is 11.3 Å². The van der Waals surface area contributed by atoms with E-state index in [1.54, 1.807) is 16.3 Å². The normalized spacial score (nSPS) is 15.0. The van der Waals surface area contributed by atoms with Crippen LogP contribution in [0, 0.1) is 0 Å². The van der Waals surface area contributed by atoms with Crippen LogP contribution in [0.2, 0.25) is 0 Å². The molecule has 29 heavy (non-hydrogen) atoms. The number of fused-ring (bicyclic) bond motifs is 1. The van der Waals surface area contributed by atoms with Crippen LogP contribution in [-0.2, 0) is 6.42 Å². The Labute approximate surface area is 171 Å². The number of ether oxygens (including phenoxy) is 1. The molecule has 144 valence electrons. The lowest BCUT2D eigenvalue weighted by Crippen LogP contribution is -2.34. The zero-order valence-electron chi connectivity index (χ0n) is 15.5. The van der Waals surface area contributed by atoms with Crippen LogP contribution in [0.15, 0.2) is 72.4 Å². The summed E-state index contributed by atoms with van der Waals surface area (Å²) in [6, 6.07) is 17.8. The Morgan fingerprint density at radius 3 is 2.86 bits per heavy atom. The number of hydrogen-bond donors (Lipinski definition) is 1. The molecule has 0 radical (unpaired) electrons. The number of rotatable bonds is 5. The Balaban J connectivity index is 1.22. The molecular formula is C22H18N4O2S. The molecule has 7 heteroatoms. The summed E-state index contributed by atoms with van der Waals surface area (Å²) in [6.45, 7) is 0.451. The predicted molar refractivity (Wildman–Crippen MR) is 112 cm³/mol. The maximum absolute atomic E-state index is 12.5. The second kappa shape index (κ2) is 7.52. The quantitative estimate of drug-likeness (QED) is 0.552. The van der Waals surface area contributed by atoms with Crippen molar-refractivity contribution in [2.75, 3.05) is 6.54 Å². The number of nitrogens with zero attached hydrogens (tertiary/aromatic N) is 3. The van der Waals surface area contributed by atoms with Gasteiger partial charge in [-0.05, 0) is 23.8 Å². The Bertz CT molecular complexity index is 1130. The second-order valence-corrected chi connectivity index (χ2v) is 7.67. The van der Waals surface area contributed by atoms with Gasteiger partial charge >= 0.3 is 0 Å². The standard InChI is InChI=1S/C22H18N4O2S/c27-21(23-12-18-10-15-6-4-5-9-20(15)28-18)19-14-29-22(25-19)16-11-24-26(13-16)17-7-2-1-3-8-17/h1-9,11,13-14,18H,10,12H2,(H,23,27). The molecule has 3 heterocycles. The summed E-state index contributed by atoms with van der Waals surface area (Å²) in [5, 5.41) is 9.86. The molecule has 0 spiro atoms. The summed E-state index contributed by atoms with van der Waals surface area (Å²) in [5.74, 6) is 0.709. The number of para-hydroxylation sites is 2. The molecule has 0 fully saturated rings. The minimum Gasteiger partial charge on any atom is -0.488 e. The van der Waals surface area contributed by atoms with E-state index in [1.165, 1.54) is 16.9 Å². The third-order valence-electron chi connectivity index (χ3n) is 4.79. The van der Waals surface area contributed by atoms with Crippen LogP contribution in [-0.4, -0.2) is 33.3 Å². The highest BCUT2D eigenvalue weighted by Crippen LogP contribution is 2.28. The summed E-state index contributed by atoms with van der Waals surface area (Å²) < 4.78 is 7.67. The second-order valence-electron chi connectivity index (χ2n) is 6.81. The van der Waals surface area contributed by atoms with Crippen molar-refractivity contribution in [3.8, 4) is 22.0 Å². The Morgan fingerprint density at radius 2 is 2.00 bits per heavy atom. The molecule has 0 saturated carbocycles. The van der Waals surface area contributed by atoms with Gasteiger partial charge in [-0.3, -0.25) is 4.79 Å². The van der Waals surface area contributed by atoms with Gasteiger partial charge in [-0.1, -0.05) is 36.4 Å². The smallest absolute Gasteiger partial charge is 0.270 e. The molecule has 0 bridgehead atoms. The third kappa shape index (κ3) is 3.64. The van der Waals surface area contributed by atoms with Crippen molar-refractivity contribution in [1.29, 1.82) is 0 Å². The first-order valence-electron chi connectivity index (χ1n) is 9.35. The van der Waals surface area contributed by atoms with Gasteiger partial charge in [0.25, 0.3) is 5.91 Å². The Hall–Kier alpha value is -3.45. The Kier molecular flexibility index (Phi) is 4.57. The molecule has 1 N–H and O–H groups in total. The molecule has 0 aliphatic carbocycles. The van der Waals surface area contributed by atoms with Gasteiger partial charge in [-0.2, -0.15) is 5.10 Å². The van der Waals surface area contributed by atoms with E-state index in [0.717, 1.165) is 28.4 Å². The van der Waals surface area contributed by atoms with E-state index < -0.39 is 0 Å².